The van der Waals surface area contributed by atoms with E-state index in [-0.39, 0.29) is 12.3 Å². The number of hydrogen-bond donors (Lipinski definition) is 2. The van der Waals surface area contributed by atoms with Crippen LogP contribution in [0.2, 0.25) is 0 Å². The van der Waals surface area contributed by atoms with Crippen LogP contribution in [0.3, 0.4) is 0 Å². The van der Waals surface area contributed by atoms with Gasteiger partial charge < -0.3 is 9.72 Å². The number of aromatic amines is 2. The predicted octanol–water partition coefficient (Wildman–Crippen LogP) is 0.420. The Morgan fingerprint density at radius 1 is 1.11 bits per heavy atom. The molecule has 6 heteroatoms. The number of hydrogen-bond acceptors (Lipinski definition) is 4. The van der Waals surface area contributed by atoms with Crippen molar-refractivity contribution in [2.24, 2.45) is 0 Å². The second-order valence-corrected chi connectivity index (χ2v) is 3.56. The zero-order valence-electron chi connectivity index (χ0n) is 9.30. The fourth-order valence-electron chi connectivity index (χ4n) is 1.40. The average molecular weight is 246 g/mol. The quantitative estimate of drug-likeness (QED) is 0.768. The highest BCUT2D eigenvalue weighted by Crippen LogP contribution is 2.02. The van der Waals surface area contributed by atoms with Gasteiger partial charge in [0.2, 0.25) is 0 Å². The van der Waals surface area contributed by atoms with Gasteiger partial charge in [-0.05, 0) is 12.1 Å². The van der Waals surface area contributed by atoms with Crippen LogP contribution in [-0.2, 0) is 11.3 Å². The van der Waals surface area contributed by atoms with E-state index >= 15 is 0 Å². The molecule has 0 bridgehead atoms. The molecule has 2 aromatic rings. The number of carbonyl (C=O) groups excluding carboxylic acids is 1. The summed E-state index contributed by atoms with van der Waals surface area (Å²) in [5.74, 6) is -0.517. The molecule has 0 saturated heterocycles. The fourth-order valence-corrected chi connectivity index (χ4v) is 1.40. The number of benzene rings is 1. The first-order valence-electron chi connectivity index (χ1n) is 5.20. The van der Waals surface area contributed by atoms with Gasteiger partial charge in [-0.2, -0.15) is 0 Å². The van der Waals surface area contributed by atoms with Gasteiger partial charge in [-0.15, -0.1) is 0 Å². The van der Waals surface area contributed by atoms with Gasteiger partial charge in [0, 0.05) is 6.07 Å². The summed E-state index contributed by atoms with van der Waals surface area (Å²) in [6, 6.07) is 9.60. The van der Waals surface area contributed by atoms with Crippen molar-refractivity contribution in [2.75, 3.05) is 0 Å². The minimum Gasteiger partial charge on any atom is -0.456 e. The molecule has 2 rings (SSSR count). The van der Waals surface area contributed by atoms with Crippen molar-refractivity contribution in [3.8, 4) is 0 Å². The number of aromatic nitrogens is 2. The van der Waals surface area contributed by atoms with Crippen molar-refractivity contribution < 1.29 is 9.53 Å². The summed E-state index contributed by atoms with van der Waals surface area (Å²) in [5.41, 5.74) is -0.518. The van der Waals surface area contributed by atoms with E-state index in [4.69, 9.17) is 4.74 Å². The van der Waals surface area contributed by atoms with Crippen LogP contribution in [0.25, 0.3) is 0 Å². The topological polar surface area (TPSA) is 92.0 Å². The van der Waals surface area contributed by atoms with Gasteiger partial charge >= 0.3 is 11.7 Å². The number of carbonyl (C=O) groups is 1. The molecular weight excluding hydrogens is 236 g/mol. The summed E-state index contributed by atoms with van der Waals surface area (Å²) in [6.07, 6.45) is 0. The minimum atomic E-state index is -0.631. The Morgan fingerprint density at radius 3 is 2.50 bits per heavy atom. The van der Waals surface area contributed by atoms with E-state index in [1.165, 1.54) is 6.07 Å². The molecule has 0 amide bonds. The molecule has 0 radical (unpaired) electrons. The smallest absolute Gasteiger partial charge is 0.338 e. The van der Waals surface area contributed by atoms with E-state index in [2.05, 4.69) is 4.98 Å². The molecule has 0 aliphatic rings. The maximum absolute atomic E-state index is 11.6. The highest BCUT2D eigenvalue weighted by atomic mass is 16.5. The Kier molecular flexibility index (Phi) is 3.38. The van der Waals surface area contributed by atoms with Crippen LogP contribution in [0.4, 0.5) is 0 Å². The Labute approximate surface area is 101 Å². The molecular formula is C12H10N2O4. The molecule has 2 N–H and O–H groups in total. The average Bonchev–Trinajstić information content (AvgIpc) is 2.36. The number of H-pyrrole nitrogens is 2. The molecule has 1 aromatic heterocycles. The molecule has 0 atom stereocenters. The van der Waals surface area contributed by atoms with Crippen LogP contribution in [0.15, 0.2) is 46.0 Å². The van der Waals surface area contributed by atoms with E-state index in [1.807, 2.05) is 4.98 Å². The predicted molar refractivity (Wildman–Crippen MR) is 63.2 cm³/mol. The Balaban J connectivity index is 2.06. The number of ether oxygens (including phenoxy) is 1. The van der Waals surface area contributed by atoms with Gasteiger partial charge in [0.25, 0.3) is 5.56 Å². The summed E-state index contributed by atoms with van der Waals surface area (Å²) in [5, 5.41) is 0. The lowest BCUT2D eigenvalue weighted by Gasteiger charge is -2.04. The van der Waals surface area contributed by atoms with E-state index in [0.29, 0.717) is 5.56 Å². The van der Waals surface area contributed by atoms with Gasteiger partial charge in [-0.25, -0.2) is 9.59 Å². The molecule has 92 valence electrons. The van der Waals surface area contributed by atoms with Crippen molar-refractivity contribution in [3.05, 3.63) is 68.5 Å². The van der Waals surface area contributed by atoms with Crippen molar-refractivity contribution in [2.45, 2.75) is 6.61 Å². The van der Waals surface area contributed by atoms with Gasteiger partial charge in [0.1, 0.15) is 6.61 Å². The molecule has 0 saturated carbocycles. The van der Waals surface area contributed by atoms with Gasteiger partial charge in [-0.3, -0.25) is 9.78 Å². The molecule has 6 nitrogen and oxygen atoms in total. The van der Waals surface area contributed by atoms with Crippen LogP contribution in [0, 0.1) is 0 Å². The highest BCUT2D eigenvalue weighted by Gasteiger charge is 2.06. The minimum absolute atomic E-state index is 0.160. The van der Waals surface area contributed by atoms with Crippen molar-refractivity contribution >= 4 is 5.97 Å². The first-order chi connectivity index (χ1) is 8.65. The first kappa shape index (κ1) is 11.8. The third kappa shape index (κ3) is 2.94. The summed E-state index contributed by atoms with van der Waals surface area (Å²) in [7, 11) is 0. The van der Waals surface area contributed by atoms with E-state index in [1.54, 1.807) is 30.3 Å². The third-order valence-corrected chi connectivity index (χ3v) is 2.18. The normalized spacial score (nSPS) is 10.0. The summed E-state index contributed by atoms with van der Waals surface area (Å²) >= 11 is 0. The Hall–Kier alpha value is -2.63. The van der Waals surface area contributed by atoms with Gasteiger partial charge in [0.15, 0.2) is 0 Å². The maximum Gasteiger partial charge on any atom is 0.338 e. The van der Waals surface area contributed by atoms with Crippen LogP contribution in [0.5, 0.6) is 0 Å². The van der Waals surface area contributed by atoms with E-state index < -0.39 is 17.2 Å². The first-order valence-corrected chi connectivity index (χ1v) is 5.20. The zero-order valence-corrected chi connectivity index (χ0v) is 9.30. The molecule has 0 aliphatic carbocycles. The maximum atomic E-state index is 11.6. The molecule has 1 heterocycles. The van der Waals surface area contributed by atoms with Crippen LogP contribution in [-0.4, -0.2) is 15.9 Å². The fraction of sp³-hybridized carbons (Fsp3) is 0.0833. The second kappa shape index (κ2) is 5.13. The Morgan fingerprint density at radius 2 is 1.83 bits per heavy atom. The summed E-state index contributed by atoms with van der Waals surface area (Å²) in [4.78, 5) is 38.0. The third-order valence-electron chi connectivity index (χ3n) is 2.18. The van der Waals surface area contributed by atoms with Crippen molar-refractivity contribution in [3.63, 3.8) is 0 Å². The van der Waals surface area contributed by atoms with Gasteiger partial charge in [0.05, 0.1) is 11.3 Å². The summed E-state index contributed by atoms with van der Waals surface area (Å²) in [6.45, 7) is -0.160. The van der Waals surface area contributed by atoms with Gasteiger partial charge in [-0.1, -0.05) is 18.2 Å². The van der Waals surface area contributed by atoms with Crippen molar-refractivity contribution in [1.29, 1.82) is 0 Å². The largest absolute Gasteiger partial charge is 0.456 e. The zero-order chi connectivity index (χ0) is 13.0. The molecule has 18 heavy (non-hydrogen) atoms. The molecule has 0 unspecified atom stereocenters. The standard InChI is InChI=1S/C12H10N2O4/c15-10-6-9(13-12(17)14-10)7-18-11(16)8-4-2-1-3-5-8/h1-6H,7H2,(H2,13,14,15,17). The lowest BCUT2D eigenvalue weighted by molar-refractivity contribution is 0.0467. The lowest BCUT2D eigenvalue weighted by atomic mass is 10.2. The lowest BCUT2D eigenvalue weighted by Crippen LogP contribution is -2.23. The van der Waals surface area contributed by atoms with E-state index in [0.717, 1.165) is 0 Å². The Bertz CT molecular complexity index is 629. The number of esters is 1. The van der Waals surface area contributed by atoms with Crippen LogP contribution >= 0.6 is 0 Å². The van der Waals surface area contributed by atoms with Crippen molar-refractivity contribution in [1.82, 2.24) is 9.97 Å². The summed E-state index contributed by atoms with van der Waals surface area (Å²) < 4.78 is 4.96. The molecule has 0 spiro atoms. The SMILES string of the molecule is O=C(OCc1cc(=O)[nH]c(=O)[nH]1)c1ccccc1. The second-order valence-electron chi connectivity index (χ2n) is 3.56. The highest BCUT2D eigenvalue weighted by molar-refractivity contribution is 5.89. The number of rotatable bonds is 3. The monoisotopic (exact) mass is 246 g/mol. The van der Waals surface area contributed by atoms with E-state index in [9.17, 15) is 14.4 Å². The molecule has 0 aliphatic heterocycles. The number of nitrogens with one attached hydrogen (secondary N) is 2. The van der Waals surface area contributed by atoms with Crippen LogP contribution in [0.1, 0.15) is 16.1 Å². The molecule has 0 fully saturated rings. The molecule has 1 aromatic carbocycles. The van der Waals surface area contributed by atoms with Crippen LogP contribution < -0.4 is 11.2 Å².